The molecule has 3 amide bonds. The lowest BCUT2D eigenvalue weighted by molar-refractivity contribution is 0.0582. The summed E-state index contributed by atoms with van der Waals surface area (Å²) in [4.78, 5) is 29.7. The highest BCUT2D eigenvalue weighted by molar-refractivity contribution is 5.92. The van der Waals surface area contributed by atoms with E-state index in [-0.39, 0.29) is 23.5 Å². The maximum atomic E-state index is 13.3. The number of carbonyl (C=O) groups excluding carboxylic acids is 2. The predicted octanol–water partition coefficient (Wildman–Crippen LogP) is 5.24. The van der Waals surface area contributed by atoms with E-state index < -0.39 is 0 Å². The summed E-state index contributed by atoms with van der Waals surface area (Å²) in [5, 5.41) is 5.84. The van der Waals surface area contributed by atoms with Crippen molar-refractivity contribution in [1.29, 1.82) is 0 Å². The summed E-state index contributed by atoms with van der Waals surface area (Å²) in [6.07, 6.45) is 7.00. The Bertz CT molecular complexity index is 910. The summed E-state index contributed by atoms with van der Waals surface area (Å²) in [6, 6.07) is 9.23. The fraction of sp³-hybridized carbons (Fsp3) is 0.520. The van der Waals surface area contributed by atoms with Gasteiger partial charge in [-0.1, -0.05) is 19.3 Å². The summed E-state index contributed by atoms with van der Waals surface area (Å²) in [5.41, 5.74) is 2.36. The third-order valence-electron chi connectivity index (χ3n) is 5.66. The first-order valence-corrected chi connectivity index (χ1v) is 11.4. The van der Waals surface area contributed by atoms with Crippen molar-refractivity contribution in [3.05, 3.63) is 47.9 Å². The molecule has 1 aliphatic carbocycles. The maximum absolute atomic E-state index is 13.3. The van der Waals surface area contributed by atoms with Crippen LogP contribution in [0.1, 0.15) is 69.0 Å². The first kappa shape index (κ1) is 23.7. The summed E-state index contributed by atoms with van der Waals surface area (Å²) < 4.78 is 5.44. The van der Waals surface area contributed by atoms with Crippen molar-refractivity contribution in [3.8, 4) is 0 Å². The molecular weight excluding hydrogens is 404 g/mol. The lowest BCUT2D eigenvalue weighted by Gasteiger charge is -2.35. The second-order valence-corrected chi connectivity index (χ2v) is 9.77. The number of hydrogen-bond donors (Lipinski definition) is 2. The fourth-order valence-corrected chi connectivity index (χ4v) is 4.21. The topological polar surface area (TPSA) is 77.8 Å². The minimum Gasteiger partial charge on any atom is -0.459 e. The van der Waals surface area contributed by atoms with Crippen molar-refractivity contribution >= 4 is 23.3 Å². The Kier molecular flexibility index (Phi) is 7.48. The van der Waals surface area contributed by atoms with Gasteiger partial charge in [0.15, 0.2) is 5.76 Å². The lowest BCUT2D eigenvalue weighted by atomic mass is 9.93. The van der Waals surface area contributed by atoms with Gasteiger partial charge in [0.05, 0.1) is 6.26 Å². The van der Waals surface area contributed by atoms with Crippen LogP contribution in [0.25, 0.3) is 0 Å². The Hall–Kier alpha value is -2.96. The molecule has 1 fully saturated rings. The highest BCUT2D eigenvalue weighted by atomic mass is 16.3. The molecule has 0 unspecified atom stereocenters. The van der Waals surface area contributed by atoms with Gasteiger partial charge in [0, 0.05) is 43.6 Å². The van der Waals surface area contributed by atoms with Crippen molar-refractivity contribution in [2.24, 2.45) is 0 Å². The van der Waals surface area contributed by atoms with Crippen LogP contribution >= 0.6 is 0 Å². The van der Waals surface area contributed by atoms with Crippen LogP contribution in [0.15, 0.2) is 41.0 Å². The Labute approximate surface area is 191 Å². The number of urea groups is 1. The summed E-state index contributed by atoms with van der Waals surface area (Å²) in [7, 11) is 3.97. The molecule has 2 aromatic rings. The molecule has 32 heavy (non-hydrogen) atoms. The molecule has 0 saturated heterocycles. The highest BCUT2D eigenvalue weighted by Gasteiger charge is 2.29. The zero-order valence-corrected chi connectivity index (χ0v) is 19.9. The van der Waals surface area contributed by atoms with Gasteiger partial charge in [-0.3, -0.25) is 4.79 Å². The molecule has 0 aliphatic heterocycles. The molecule has 0 atom stereocenters. The van der Waals surface area contributed by atoms with Gasteiger partial charge < -0.3 is 24.9 Å². The molecule has 3 rings (SSSR count). The second-order valence-electron chi connectivity index (χ2n) is 9.77. The van der Waals surface area contributed by atoms with Gasteiger partial charge in [-0.15, -0.1) is 0 Å². The molecule has 0 spiro atoms. The maximum Gasteiger partial charge on any atom is 0.319 e. The van der Waals surface area contributed by atoms with Crippen molar-refractivity contribution in [3.63, 3.8) is 0 Å². The standard InChI is InChI=1S/C25H36N4O3/c1-25(2,3)27-24(31)26-19-13-14-21(28(4)5)18(16-19)17-29(20-10-7-6-8-11-20)23(30)22-12-9-15-32-22/h9,12-16,20H,6-8,10-11,17H2,1-5H3,(H2,26,27,31). The average Bonchev–Trinajstić information content (AvgIpc) is 3.25. The predicted molar refractivity (Wildman–Crippen MR) is 128 cm³/mol. The van der Waals surface area contributed by atoms with Gasteiger partial charge in [-0.05, 0) is 69.5 Å². The molecule has 7 heteroatoms. The van der Waals surface area contributed by atoms with Crippen LogP contribution in [-0.4, -0.2) is 42.5 Å². The number of rotatable bonds is 6. The second kappa shape index (κ2) is 10.1. The molecule has 1 aliphatic rings. The van der Waals surface area contributed by atoms with E-state index in [1.54, 1.807) is 12.1 Å². The van der Waals surface area contributed by atoms with E-state index in [0.717, 1.165) is 36.9 Å². The number of anilines is 2. The Balaban J connectivity index is 1.89. The Morgan fingerprint density at radius 3 is 2.41 bits per heavy atom. The van der Waals surface area contributed by atoms with E-state index in [2.05, 4.69) is 10.6 Å². The lowest BCUT2D eigenvalue weighted by Crippen LogP contribution is -2.43. The van der Waals surface area contributed by atoms with Crippen molar-refractivity contribution in [2.75, 3.05) is 24.3 Å². The Morgan fingerprint density at radius 2 is 1.81 bits per heavy atom. The molecule has 0 bridgehead atoms. The number of benzene rings is 1. The van der Waals surface area contributed by atoms with E-state index in [0.29, 0.717) is 18.0 Å². The Morgan fingerprint density at radius 1 is 1.09 bits per heavy atom. The summed E-state index contributed by atoms with van der Waals surface area (Å²) in [6.45, 7) is 6.27. The van der Waals surface area contributed by atoms with Gasteiger partial charge in [0.1, 0.15) is 0 Å². The quantitative estimate of drug-likeness (QED) is 0.644. The molecule has 1 saturated carbocycles. The van der Waals surface area contributed by atoms with Crippen LogP contribution in [-0.2, 0) is 6.54 Å². The normalized spacial score (nSPS) is 14.7. The molecule has 174 valence electrons. The largest absolute Gasteiger partial charge is 0.459 e. The molecular formula is C25H36N4O3. The minimum atomic E-state index is -0.330. The van der Waals surface area contributed by atoms with Crippen LogP contribution < -0.4 is 15.5 Å². The zero-order chi connectivity index (χ0) is 23.3. The third kappa shape index (κ3) is 6.28. The van der Waals surface area contributed by atoms with Crippen LogP contribution in [0.4, 0.5) is 16.2 Å². The SMILES string of the molecule is CN(C)c1ccc(NC(=O)NC(C)(C)C)cc1CN(C(=O)c1ccco1)C1CCCCC1. The molecule has 0 radical (unpaired) electrons. The van der Waals surface area contributed by atoms with E-state index in [4.69, 9.17) is 4.42 Å². The van der Waals surface area contributed by atoms with E-state index in [1.807, 2.05) is 62.9 Å². The van der Waals surface area contributed by atoms with Crippen molar-refractivity contribution in [1.82, 2.24) is 10.2 Å². The smallest absolute Gasteiger partial charge is 0.319 e. The van der Waals surface area contributed by atoms with E-state index >= 15 is 0 Å². The van der Waals surface area contributed by atoms with Crippen LogP contribution in [0.3, 0.4) is 0 Å². The zero-order valence-electron chi connectivity index (χ0n) is 19.9. The van der Waals surface area contributed by atoms with Crippen LogP contribution in [0, 0.1) is 0 Å². The number of carbonyl (C=O) groups is 2. The van der Waals surface area contributed by atoms with Gasteiger partial charge in [-0.2, -0.15) is 0 Å². The summed E-state index contributed by atoms with van der Waals surface area (Å²) >= 11 is 0. The van der Waals surface area contributed by atoms with E-state index in [9.17, 15) is 9.59 Å². The first-order valence-electron chi connectivity index (χ1n) is 11.4. The molecule has 1 heterocycles. The molecule has 2 N–H and O–H groups in total. The third-order valence-corrected chi connectivity index (χ3v) is 5.66. The van der Waals surface area contributed by atoms with Gasteiger partial charge in [0.25, 0.3) is 5.91 Å². The van der Waals surface area contributed by atoms with Crippen LogP contribution in [0.2, 0.25) is 0 Å². The summed E-state index contributed by atoms with van der Waals surface area (Å²) in [5.74, 6) is 0.274. The van der Waals surface area contributed by atoms with E-state index in [1.165, 1.54) is 12.7 Å². The monoisotopic (exact) mass is 440 g/mol. The fourth-order valence-electron chi connectivity index (χ4n) is 4.21. The average molecular weight is 441 g/mol. The van der Waals surface area contributed by atoms with Gasteiger partial charge in [0.2, 0.25) is 0 Å². The van der Waals surface area contributed by atoms with Crippen LogP contribution in [0.5, 0.6) is 0 Å². The number of furan rings is 1. The molecule has 1 aromatic heterocycles. The highest BCUT2D eigenvalue weighted by Crippen LogP contribution is 2.30. The number of nitrogens with one attached hydrogen (secondary N) is 2. The molecule has 1 aromatic carbocycles. The first-order chi connectivity index (χ1) is 15.1. The minimum absolute atomic E-state index is 0.0876. The number of hydrogen-bond acceptors (Lipinski definition) is 4. The molecule has 7 nitrogen and oxygen atoms in total. The number of amides is 3. The number of nitrogens with zero attached hydrogens (tertiary/aromatic N) is 2. The van der Waals surface area contributed by atoms with Gasteiger partial charge in [-0.25, -0.2) is 4.79 Å². The van der Waals surface area contributed by atoms with Gasteiger partial charge >= 0.3 is 6.03 Å². The van der Waals surface area contributed by atoms with Crippen molar-refractivity contribution in [2.45, 2.75) is 71.0 Å². The van der Waals surface area contributed by atoms with Crippen molar-refractivity contribution < 1.29 is 14.0 Å².